The van der Waals surface area contributed by atoms with Gasteiger partial charge in [-0.1, -0.05) is 25.3 Å². The maximum absolute atomic E-state index is 13.9. The van der Waals surface area contributed by atoms with Crippen molar-refractivity contribution in [3.8, 4) is 5.75 Å². The van der Waals surface area contributed by atoms with Crippen LogP contribution in [-0.2, 0) is 5.54 Å². The Morgan fingerprint density at radius 3 is 2.47 bits per heavy atom. The van der Waals surface area contributed by atoms with Crippen LogP contribution in [0, 0.1) is 12.7 Å². The summed E-state index contributed by atoms with van der Waals surface area (Å²) < 4.78 is 19.1. The molecule has 0 saturated heterocycles. The summed E-state index contributed by atoms with van der Waals surface area (Å²) in [5.41, 5.74) is 7.76. The first-order valence-electron chi connectivity index (χ1n) is 6.20. The quantitative estimate of drug-likeness (QED) is 0.856. The molecule has 0 atom stereocenters. The maximum atomic E-state index is 13.9. The van der Waals surface area contributed by atoms with Gasteiger partial charge in [0, 0.05) is 11.1 Å². The van der Waals surface area contributed by atoms with Gasteiger partial charge in [0.2, 0.25) is 0 Å². The summed E-state index contributed by atoms with van der Waals surface area (Å²) >= 11 is 0. The second kappa shape index (κ2) is 4.65. The summed E-state index contributed by atoms with van der Waals surface area (Å²) in [5, 5.41) is 0. The van der Waals surface area contributed by atoms with Gasteiger partial charge < -0.3 is 10.5 Å². The van der Waals surface area contributed by atoms with E-state index in [2.05, 4.69) is 0 Å². The van der Waals surface area contributed by atoms with Crippen molar-refractivity contribution in [1.29, 1.82) is 0 Å². The molecule has 1 aliphatic carbocycles. The Balaban J connectivity index is 2.49. The fourth-order valence-electron chi connectivity index (χ4n) is 2.76. The molecular formula is C14H20FNO. The van der Waals surface area contributed by atoms with Gasteiger partial charge in [-0.05, 0) is 31.4 Å². The summed E-state index contributed by atoms with van der Waals surface area (Å²) in [6.07, 6.45) is 5.25. The van der Waals surface area contributed by atoms with Gasteiger partial charge >= 0.3 is 0 Å². The highest BCUT2D eigenvalue weighted by atomic mass is 19.1. The molecule has 0 radical (unpaired) electrons. The third-order valence-electron chi connectivity index (χ3n) is 3.67. The zero-order valence-corrected chi connectivity index (χ0v) is 10.6. The number of hydrogen-bond donors (Lipinski definition) is 1. The third-order valence-corrected chi connectivity index (χ3v) is 3.67. The van der Waals surface area contributed by atoms with Crippen LogP contribution in [0.5, 0.6) is 5.75 Å². The first-order chi connectivity index (χ1) is 8.07. The molecule has 1 aromatic rings. The van der Waals surface area contributed by atoms with Gasteiger partial charge in [0.15, 0.2) is 11.6 Å². The Morgan fingerprint density at radius 1 is 1.24 bits per heavy atom. The minimum absolute atomic E-state index is 0.308. The van der Waals surface area contributed by atoms with E-state index in [1.807, 2.05) is 13.0 Å². The number of benzene rings is 1. The molecule has 0 spiro atoms. The molecule has 94 valence electrons. The van der Waals surface area contributed by atoms with E-state index in [0.29, 0.717) is 5.75 Å². The number of nitrogens with two attached hydrogens (primary N) is 1. The predicted molar refractivity (Wildman–Crippen MR) is 66.6 cm³/mol. The smallest absolute Gasteiger partial charge is 0.165 e. The van der Waals surface area contributed by atoms with E-state index in [1.54, 1.807) is 0 Å². The number of ether oxygens (including phenoxy) is 1. The maximum Gasteiger partial charge on any atom is 0.165 e. The highest BCUT2D eigenvalue weighted by molar-refractivity contribution is 5.43. The van der Waals surface area contributed by atoms with Crippen LogP contribution in [0.25, 0.3) is 0 Å². The van der Waals surface area contributed by atoms with Crippen molar-refractivity contribution in [2.75, 3.05) is 7.11 Å². The van der Waals surface area contributed by atoms with Gasteiger partial charge in [-0.15, -0.1) is 0 Å². The number of halogens is 1. The van der Waals surface area contributed by atoms with E-state index in [9.17, 15) is 4.39 Å². The monoisotopic (exact) mass is 237 g/mol. The standard InChI is InChI=1S/C14H20FNO/c1-10-8-11(13(17-2)12(15)9-10)14(16)6-4-3-5-7-14/h8-9H,3-7,16H2,1-2H3. The van der Waals surface area contributed by atoms with E-state index in [-0.39, 0.29) is 5.82 Å². The van der Waals surface area contributed by atoms with Crippen molar-refractivity contribution in [1.82, 2.24) is 0 Å². The Bertz CT molecular complexity index is 411. The first-order valence-corrected chi connectivity index (χ1v) is 6.20. The Morgan fingerprint density at radius 2 is 1.88 bits per heavy atom. The first kappa shape index (κ1) is 12.4. The molecule has 0 unspecified atom stereocenters. The fourth-order valence-corrected chi connectivity index (χ4v) is 2.76. The van der Waals surface area contributed by atoms with E-state index < -0.39 is 5.54 Å². The summed E-state index contributed by atoms with van der Waals surface area (Å²) in [6.45, 7) is 1.89. The molecule has 0 aromatic heterocycles. The van der Waals surface area contributed by atoms with Crippen molar-refractivity contribution in [3.05, 3.63) is 29.1 Å². The van der Waals surface area contributed by atoms with Gasteiger partial charge in [-0.2, -0.15) is 0 Å². The van der Waals surface area contributed by atoms with Crippen molar-refractivity contribution in [2.45, 2.75) is 44.6 Å². The number of hydrogen-bond acceptors (Lipinski definition) is 2. The van der Waals surface area contributed by atoms with E-state index in [4.69, 9.17) is 10.5 Å². The second-order valence-corrected chi connectivity index (χ2v) is 5.04. The normalized spacial score (nSPS) is 19.1. The molecule has 2 N–H and O–H groups in total. The van der Waals surface area contributed by atoms with Crippen molar-refractivity contribution < 1.29 is 9.13 Å². The lowest BCUT2D eigenvalue weighted by atomic mass is 9.76. The van der Waals surface area contributed by atoms with Crippen LogP contribution in [-0.4, -0.2) is 7.11 Å². The molecule has 0 bridgehead atoms. The third kappa shape index (κ3) is 2.29. The average molecular weight is 237 g/mol. The molecule has 1 aromatic carbocycles. The highest BCUT2D eigenvalue weighted by Gasteiger charge is 2.33. The fraction of sp³-hybridized carbons (Fsp3) is 0.571. The van der Waals surface area contributed by atoms with Crippen LogP contribution in [0.3, 0.4) is 0 Å². The minimum atomic E-state index is -0.420. The molecule has 2 nitrogen and oxygen atoms in total. The molecule has 0 amide bonds. The Hall–Kier alpha value is -1.09. The Labute approximate surface area is 102 Å². The van der Waals surface area contributed by atoms with Crippen LogP contribution >= 0.6 is 0 Å². The predicted octanol–water partition coefficient (Wildman–Crippen LogP) is 3.26. The molecular weight excluding hydrogens is 217 g/mol. The van der Waals surface area contributed by atoms with Crippen LogP contribution in [0.4, 0.5) is 4.39 Å². The largest absolute Gasteiger partial charge is 0.493 e. The van der Waals surface area contributed by atoms with Crippen LogP contribution < -0.4 is 10.5 Å². The minimum Gasteiger partial charge on any atom is -0.493 e. The summed E-state index contributed by atoms with van der Waals surface area (Å²) in [5.74, 6) is 0.0119. The second-order valence-electron chi connectivity index (χ2n) is 5.04. The molecule has 2 rings (SSSR count). The van der Waals surface area contributed by atoms with E-state index >= 15 is 0 Å². The molecule has 1 saturated carbocycles. The van der Waals surface area contributed by atoms with Gasteiger partial charge in [0.25, 0.3) is 0 Å². The zero-order chi connectivity index (χ0) is 12.5. The van der Waals surface area contributed by atoms with Crippen molar-refractivity contribution >= 4 is 0 Å². The lowest BCUT2D eigenvalue weighted by Crippen LogP contribution is -2.39. The van der Waals surface area contributed by atoms with Crippen LogP contribution in [0.2, 0.25) is 0 Å². The molecule has 1 aliphatic rings. The van der Waals surface area contributed by atoms with Crippen LogP contribution in [0.15, 0.2) is 12.1 Å². The molecule has 1 fully saturated rings. The number of rotatable bonds is 2. The van der Waals surface area contributed by atoms with Crippen LogP contribution in [0.1, 0.15) is 43.2 Å². The van der Waals surface area contributed by atoms with Gasteiger partial charge in [-0.3, -0.25) is 0 Å². The van der Waals surface area contributed by atoms with Gasteiger partial charge in [-0.25, -0.2) is 4.39 Å². The van der Waals surface area contributed by atoms with Crippen molar-refractivity contribution in [2.24, 2.45) is 5.73 Å². The summed E-state index contributed by atoms with van der Waals surface area (Å²) in [7, 11) is 1.50. The molecule has 17 heavy (non-hydrogen) atoms. The zero-order valence-electron chi connectivity index (χ0n) is 10.6. The highest BCUT2D eigenvalue weighted by Crippen LogP contribution is 2.40. The molecule has 0 aliphatic heterocycles. The van der Waals surface area contributed by atoms with Crippen molar-refractivity contribution in [3.63, 3.8) is 0 Å². The number of aryl methyl sites for hydroxylation is 1. The lowest BCUT2D eigenvalue weighted by Gasteiger charge is -2.35. The average Bonchev–Trinajstić information content (AvgIpc) is 2.29. The summed E-state index contributed by atoms with van der Waals surface area (Å²) in [6, 6.07) is 3.46. The lowest BCUT2D eigenvalue weighted by molar-refractivity contribution is 0.284. The molecule has 0 heterocycles. The van der Waals surface area contributed by atoms with E-state index in [1.165, 1.54) is 19.6 Å². The summed E-state index contributed by atoms with van der Waals surface area (Å²) in [4.78, 5) is 0. The SMILES string of the molecule is COc1c(F)cc(C)cc1C1(N)CCCCC1. The Kier molecular flexibility index (Phi) is 3.38. The number of methoxy groups -OCH3 is 1. The topological polar surface area (TPSA) is 35.2 Å². The van der Waals surface area contributed by atoms with Gasteiger partial charge in [0.05, 0.1) is 7.11 Å². The van der Waals surface area contributed by atoms with Gasteiger partial charge in [0.1, 0.15) is 0 Å². The molecule has 3 heteroatoms. The van der Waals surface area contributed by atoms with E-state index in [0.717, 1.165) is 36.8 Å².